The van der Waals surface area contributed by atoms with Crippen LogP contribution in [-0.2, 0) is 0 Å². The summed E-state index contributed by atoms with van der Waals surface area (Å²) >= 11 is 1.69. The topological polar surface area (TPSA) is 68.0 Å². The third-order valence-corrected chi connectivity index (χ3v) is 7.37. The van der Waals surface area contributed by atoms with Crippen LogP contribution in [-0.4, -0.2) is 24.6 Å². The number of nitrogens with one attached hydrogen (secondary N) is 1. The summed E-state index contributed by atoms with van der Waals surface area (Å²) in [5.41, 5.74) is 7.71. The van der Waals surface area contributed by atoms with Gasteiger partial charge in [-0.1, -0.05) is 72.8 Å². The van der Waals surface area contributed by atoms with Crippen LogP contribution < -0.4 is 5.32 Å². The molecule has 7 rings (SSSR count). The SMILES string of the molecule is Cc1nc2ccc(-c3cn4nc(-c5ccccc5)c(-c5ccccc5)c4nc3Nc3ccccn3)cc2s1. The second kappa shape index (κ2) is 9.21. The van der Waals surface area contributed by atoms with Crippen LogP contribution in [0.5, 0.6) is 0 Å². The highest BCUT2D eigenvalue weighted by atomic mass is 32.1. The Labute approximate surface area is 223 Å². The molecule has 0 aliphatic carbocycles. The van der Waals surface area contributed by atoms with Crippen molar-refractivity contribution in [3.05, 3.63) is 114 Å². The van der Waals surface area contributed by atoms with E-state index in [1.54, 1.807) is 17.5 Å². The maximum atomic E-state index is 5.19. The summed E-state index contributed by atoms with van der Waals surface area (Å²) in [5, 5.41) is 9.58. The van der Waals surface area contributed by atoms with Gasteiger partial charge in [0.2, 0.25) is 0 Å². The predicted molar refractivity (Wildman–Crippen MR) is 155 cm³/mol. The third kappa shape index (κ3) is 3.99. The quantitative estimate of drug-likeness (QED) is 0.256. The number of hydrogen-bond donors (Lipinski definition) is 1. The van der Waals surface area contributed by atoms with Gasteiger partial charge in [0.1, 0.15) is 17.3 Å². The Balaban J connectivity index is 1.51. The maximum Gasteiger partial charge on any atom is 0.165 e. The van der Waals surface area contributed by atoms with E-state index in [9.17, 15) is 0 Å². The van der Waals surface area contributed by atoms with E-state index < -0.39 is 0 Å². The average Bonchev–Trinajstić information content (AvgIpc) is 3.53. The molecule has 1 N–H and O–H groups in total. The van der Waals surface area contributed by atoms with Crippen molar-refractivity contribution in [2.24, 2.45) is 0 Å². The van der Waals surface area contributed by atoms with Crippen molar-refractivity contribution in [1.29, 1.82) is 0 Å². The number of thiazole rings is 1. The zero-order valence-corrected chi connectivity index (χ0v) is 21.4. The summed E-state index contributed by atoms with van der Waals surface area (Å²) < 4.78 is 3.03. The standard InChI is InChI=1S/C31H22N6S/c1-20-33-25-16-15-23(18-26(25)38-20)24-19-37-31(35-30(24)34-27-14-8-9-17-32-27)28(21-10-4-2-5-11-21)29(36-37)22-12-6-3-7-13-22/h2-19H,1H3,(H,32,34,35). The van der Waals surface area contributed by atoms with Crippen molar-refractivity contribution in [3.63, 3.8) is 0 Å². The molecule has 0 saturated heterocycles. The Morgan fingerprint density at radius 3 is 2.29 bits per heavy atom. The Morgan fingerprint density at radius 2 is 1.53 bits per heavy atom. The molecule has 4 heterocycles. The van der Waals surface area contributed by atoms with Gasteiger partial charge in [-0.15, -0.1) is 11.3 Å². The van der Waals surface area contributed by atoms with Crippen LogP contribution in [0.4, 0.5) is 11.6 Å². The minimum Gasteiger partial charge on any atom is -0.324 e. The summed E-state index contributed by atoms with van der Waals surface area (Å²) in [6.45, 7) is 2.03. The number of aromatic nitrogens is 5. The second-order valence-corrected chi connectivity index (χ2v) is 10.2. The molecule has 38 heavy (non-hydrogen) atoms. The van der Waals surface area contributed by atoms with E-state index in [0.717, 1.165) is 60.2 Å². The minimum atomic E-state index is 0.716. The second-order valence-electron chi connectivity index (χ2n) is 8.98. The first-order chi connectivity index (χ1) is 18.7. The number of benzene rings is 3. The normalized spacial score (nSPS) is 11.3. The molecule has 0 saturated carbocycles. The summed E-state index contributed by atoms with van der Waals surface area (Å²) in [7, 11) is 0. The largest absolute Gasteiger partial charge is 0.324 e. The lowest BCUT2D eigenvalue weighted by molar-refractivity contribution is 0.946. The summed E-state index contributed by atoms with van der Waals surface area (Å²) in [6.07, 6.45) is 3.83. The highest BCUT2D eigenvalue weighted by Crippen LogP contribution is 2.38. The van der Waals surface area contributed by atoms with E-state index >= 15 is 0 Å². The Morgan fingerprint density at radius 1 is 0.763 bits per heavy atom. The molecule has 0 atom stereocenters. The van der Waals surface area contributed by atoms with Gasteiger partial charge >= 0.3 is 0 Å². The van der Waals surface area contributed by atoms with Crippen molar-refractivity contribution < 1.29 is 0 Å². The van der Waals surface area contributed by atoms with Crippen LogP contribution in [0, 0.1) is 6.92 Å². The predicted octanol–water partition coefficient (Wildman–Crippen LogP) is 7.79. The van der Waals surface area contributed by atoms with E-state index in [0.29, 0.717) is 5.82 Å². The van der Waals surface area contributed by atoms with Gasteiger partial charge in [-0.25, -0.2) is 19.5 Å². The van der Waals surface area contributed by atoms with E-state index in [1.165, 1.54) is 0 Å². The number of anilines is 2. The monoisotopic (exact) mass is 510 g/mol. The minimum absolute atomic E-state index is 0.716. The molecule has 0 radical (unpaired) electrons. The summed E-state index contributed by atoms with van der Waals surface area (Å²) in [4.78, 5) is 14.3. The molecule has 0 aliphatic rings. The average molecular weight is 511 g/mol. The van der Waals surface area contributed by atoms with Gasteiger partial charge in [0.05, 0.1) is 20.8 Å². The van der Waals surface area contributed by atoms with Crippen molar-refractivity contribution in [2.75, 3.05) is 5.32 Å². The van der Waals surface area contributed by atoms with Gasteiger partial charge in [-0.2, -0.15) is 5.10 Å². The molecule has 0 unspecified atom stereocenters. The maximum absolute atomic E-state index is 5.19. The molecule has 0 bridgehead atoms. The van der Waals surface area contributed by atoms with Crippen LogP contribution in [0.3, 0.4) is 0 Å². The highest BCUT2D eigenvalue weighted by Gasteiger charge is 2.21. The molecule has 0 spiro atoms. The van der Waals surface area contributed by atoms with Gasteiger partial charge in [-0.3, -0.25) is 0 Å². The fourth-order valence-corrected chi connectivity index (χ4v) is 5.58. The Bertz CT molecular complexity index is 1890. The smallest absolute Gasteiger partial charge is 0.165 e. The van der Waals surface area contributed by atoms with E-state index in [1.807, 2.05) is 66.0 Å². The van der Waals surface area contributed by atoms with Crippen LogP contribution >= 0.6 is 11.3 Å². The lowest BCUT2D eigenvalue weighted by Crippen LogP contribution is -2.02. The molecular weight excluding hydrogens is 488 g/mol. The van der Waals surface area contributed by atoms with Crippen LogP contribution in [0.1, 0.15) is 5.01 Å². The Hall–Kier alpha value is -4.88. The fraction of sp³-hybridized carbons (Fsp3) is 0.0323. The van der Waals surface area contributed by atoms with Gasteiger partial charge in [0.25, 0.3) is 0 Å². The first-order valence-electron chi connectivity index (χ1n) is 12.3. The summed E-state index contributed by atoms with van der Waals surface area (Å²) in [6, 6.07) is 32.7. The van der Waals surface area contributed by atoms with Crippen molar-refractivity contribution in [3.8, 4) is 33.5 Å². The first kappa shape index (κ1) is 22.3. The van der Waals surface area contributed by atoms with Crippen LogP contribution in [0.15, 0.2) is 109 Å². The number of fused-ring (bicyclic) bond motifs is 2. The highest BCUT2D eigenvalue weighted by molar-refractivity contribution is 7.18. The molecule has 7 heteroatoms. The molecule has 3 aromatic carbocycles. The van der Waals surface area contributed by atoms with Crippen LogP contribution in [0.2, 0.25) is 0 Å². The molecule has 0 aliphatic heterocycles. The molecule has 6 nitrogen and oxygen atoms in total. The van der Waals surface area contributed by atoms with Gasteiger partial charge in [0.15, 0.2) is 5.65 Å². The zero-order chi connectivity index (χ0) is 25.5. The van der Waals surface area contributed by atoms with Gasteiger partial charge in [-0.05, 0) is 42.3 Å². The molecule has 0 fully saturated rings. The van der Waals surface area contributed by atoms with E-state index in [4.69, 9.17) is 10.1 Å². The van der Waals surface area contributed by atoms with Gasteiger partial charge in [0, 0.05) is 23.5 Å². The van der Waals surface area contributed by atoms with Crippen molar-refractivity contribution in [1.82, 2.24) is 24.6 Å². The third-order valence-electron chi connectivity index (χ3n) is 6.44. The first-order valence-corrected chi connectivity index (χ1v) is 13.1. The fourth-order valence-electron chi connectivity index (χ4n) is 4.71. The summed E-state index contributed by atoms with van der Waals surface area (Å²) in [5.74, 6) is 1.44. The molecule has 182 valence electrons. The lowest BCUT2D eigenvalue weighted by Gasteiger charge is -2.12. The zero-order valence-electron chi connectivity index (χ0n) is 20.5. The van der Waals surface area contributed by atoms with E-state index in [2.05, 4.69) is 63.9 Å². The number of pyridine rings is 1. The number of nitrogens with zero attached hydrogens (tertiary/aromatic N) is 5. The van der Waals surface area contributed by atoms with Crippen LogP contribution in [0.25, 0.3) is 49.4 Å². The van der Waals surface area contributed by atoms with Crippen molar-refractivity contribution >= 4 is 38.8 Å². The number of rotatable bonds is 5. The molecule has 0 amide bonds. The molecule has 7 aromatic rings. The molecular formula is C31H22N6S. The van der Waals surface area contributed by atoms with Gasteiger partial charge < -0.3 is 5.32 Å². The number of aryl methyl sites for hydroxylation is 1. The van der Waals surface area contributed by atoms with Crippen molar-refractivity contribution in [2.45, 2.75) is 6.92 Å². The number of hydrogen-bond acceptors (Lipinski definition) is 6. The Kier molecular flexibility index (Phi) is 5.41. The molecule has 4 aromatic heterocycles. The lowest BCUT2D eigenvalue weighted by atomic mass is 10.0. The van der Waals surface area contributed by atoms with E-state index in [-0.39, 0.29) is 0 Å².